The van der Waals surface area contributed by atoms with Crippen molar-refractivity contribution in [3.8, 4) is 11.3 Å². The molecule has 1 aromatic carbocycles. The van der Waals surface area contributed by atoms with Crippen molar-refractivity contribution in [2.75, 3.05) is 12.8 Å². The van der Waals surface area contributed by atoms with Crippen LogP contribution < -0.4 is 5.73 Å². The quantitative estimate of drug-likeness (QED) is 0.820. The van der Waals surface area contributed by atoms with Crippen molar-refractivity contribution >= 4 is 11.7 Å². The molecule has 6 heteroatoms. The first-order valence-corrected chi connectivity index (χ1v) is 5.20. The van der Waals surface area contributed by atoms with E-state index in [0.717, 1.165) is 0 Å². The molecule has 2 N–H and O–H groups in total. The molecule has 0 aliphatic heterocycles. The Hall–Kier alpha value is -2.37. The highest BCUT2D eigenvalue weighted by Crippen LogP contribution is 2.26. The van der Waals surface area contributed by atoms with Crippen LogP contribution in [-0.4, -0.2) is 22.9 Å². The zero-order valence-electron chi connectivity index (χ0n) is 9.98. The molecular weight excluding hydrogens is 237 g/mol. The molecule has 2 rings (SSSR count). The zero-order chi connectivity index (χ0) is 13.3. The molecule has 0 aliphatic carbocycles. The second-order valence-corrected chi connectivity index (χ2v) is 3.76. The largest absolute Gasteiger partial charge is 0.465 e. The van der Waals surface area contributed by atoms with E-state index in [0.29, 0.717) is 16.9 Å². The number of methoxy groups -OCH3 is 1. The summed E-state index contributed by atoms with van der Waals surface area (Å²) >= 11 is 0. The molecular formula is C12H12FN3O2. The van der Waals surface area contributed by atoms with Crippen LogP contribution in [0.5, 0.6) is 0 Å². The number of hydrogen-bond donors (Lipinski definition) is 1. The van der Waals surface area contributed by atoms with Gasteiger partial charge in [0, 0.05) is 12.6 Å². The van der Waals surface area contributed by atoms with Crippen molar-refractivity contribution in [2.45, 2.75) is 0 Å². The molecule has 0 aliphatic rings. The Morgan fingerprint density at radius 2 is 2.22 bits per heavy atom. The molecule has 0 spiro atoms. The second-order valence-electron chi connectivity index (χ2n) is 3.76. The van der Waals surface area contributed by atoms with Gasteiger partial charge in [-0.1, -0.05) is 6.07 Å². The van der Waals surface area contributed by atoms with Crippen molar-refractivity contribution in [3.63, 3.8) is 0 Å². The third-order valence-corrected chi connectivity index (χ3v) is 2.61. The fraction of sp³-hybridized carbons (Fsp3) is 0.167. The summed E-state index contributed by atoms with van der Waals surface area (Å²) in [7, 11) is 2.91. The van der Waals surface area contributed by atoms with Gasteiger partial charge in [-0.05, 0) is 12.1 Å². The maximum Gasteiger partial charge on any atom is 0.340 e. The van der Waals surface area contributed by atoms with Gasteiger partial charge in [-0.2, -0.15) is 5.10 Å². The van der Waals surface area contributed by atoms with Crippen molar-refractivity contribution in [1.29, 1.82) is 0 Å². The van der Waals surface area contributed by atoms with E-state index in [1.807, 2.05) is 0 Å². The molecule has 0 unspecified atom stereocenters. The number of aryl methyl sites for hydroxylation is 1. The SMILES string of the molecule is COC(=O)c1ccc(-c2c(N)cnn2C)cc1F. The first-order valence-electron chi connectivity index (χ1n) is 5.20. The molecule has 1 aromatic heterocycles. The van der Waals surface area contributed by atoms with Crippen LogP contribution in [0.4, 0.5) is 10.1 Å². The molecule has 0 amide bonds. The van der Waals surface area contributed by atoms with Crippen LogP contribution in [0.15, 0.2) is 24.4 Å². The van der Waals surface area contributed by atoms with Gasteiger partial charge in [0.1, 0.15) is 5.82 Å². The Morgan fingerprint density at radius 3 is 2.72 bits per heavy atom. The van der Waals surface area contributed by atoms with Crippen LogP contribution in [0.1, 0.15) is 10.4 Å². The number of aromatic nitrogens is 2. The molecule has 18 heavy (non-hydrogen) atoms. The summed E-state index contributed by atoms with van der Waals surface area (Å²) in [6, 6.07) is 4.20. The van der Waals surface area contributed by atoms with Crippen LogP contribution in [0.2, 0.25) is 0 Å². The average molecular weight is 249 g/mol. The van der Waals surface area contributed by atoms with Gasteiger partial charge >= 0.3 is 5.97 Å². The highest BCUT2D eigenvalue weighted by Gasteiger charge is 2.15. The van der Waals surface area contributed by atoms with Gasteiger partial charge in [-0.25, -0.2) is 9.18 Å². The van der Waals surface area contributed by atoms with Crippen molar-refractivity contribution < 1.29 is 13.9 Å². The third kappa shape index (κ3) is 1.92. The Kier molecular flexibility index (Phi) is 3.01. The number of anilines is 1. The van der Waals surface area contributed by atoms with Gasteiger partial charge in [-0.3, -0.25) is 4.68 Å². The predicted molar refractivity (Wildman–Crippen MR) is 64.4 cm³/mol. The number of nitrogen functional groups attached to an aromatic ring is 1. The molecule has 5 nitrogen and oxygen atoms in total. The first kappa shape index (κ1) is 12.1. The molecule has 0 radical (unpaired) electrons. The fourth-order valence-corrected chi connectivity index (χ4v) is 1.75. The summed E-state index contributed by atoms with van der Waals surface area (Å²) in [6.45, 7) is 0. The summed E-state index contributed by atoms with van der Waals surface area (Å²) in [5.74, 6) is -1.36. The molecule has 0 atom stereocenters. The van der Waals surface area contributed by atoms with Crippen molar-refractivity contribution in [1.82, 2.24) is 9.78 Å². The Bertz CT molecular complexity index is 588. The lowest BCUT2D eigenvalue weighted by Gasteiger charge is -2.06. The lowest BCUT2D eigenvalue weighted by molar-refractivity contribution is 0.0595. The summed E-state index contributed by atoms with van der Waals surface area (Å²) < 4.78 is 19.8. The number of nitrogens with two attached hydrogens (primary N) is 1. The Morgan fingerprint density at radius 1 is 1.50 bits per heavy atom. The average Bonchev–Trinajstić information content (AvgIpc) is 2.68. The summed E-state index contributed by atoms with van der Waals surface area (Å²) in [4.78, 5) is 11.3. The lowest BCUT2D eigenvalue weighted by atomic mass is 10.1. The van der Waals surface area contributed by atoms with Crippen LogP contribution in [0.25, 0.3) is 11.3 Å². The minimum absolute atomic E-state index is 0.109. The summed E-state index contributed by atoms with van der Waals surface area (Å²) in [6.07, 6.45) is 1.49. The number of esters is 1. The minimum atomic E-state index is -0.711. The van der Waals surface area contributed by atoms with Gasteiger partial charge in [0.15, 0.2) is 0 Å². The zero-order valence-corrected chi connectivity index (χ0v) is 9.98. The molecule has 2 aromatic rings. The topological polar surface area (TPSA) is 70.1 Å². The highest BCUT2D eigenvalue weighted by atomic mass is 19.1. The number of benzene rings is 1. The molecule has 0 bridgehead atoms. The number of ether oxygens (including phenoxy) is 1. The van der Waals surface area contributed by atoms with Gasteiger partial charge in [0.05, 0.1) is 30.3 Å². The second kappa shape index (κ2) is 4.48. The number of rotatable bonds is 2. The molecule has 94 valence electrons. The smallest absolute Gasteiger partial charge is 0.340 e. The Balaban J connectivity index is 2.50. The van der Waals surface area contributed by atoms with Crippen LogP contribution in [-0.2, 0) is 11.8 Å². The Labute approximate surface area is 103 Å². The molecule has 1 heterocycles. The van der Waals surface area contributed by atoms with Crippen molar-refractivity contribution in [2.24, 2.45) is 7.05 Å². The predicted octanol–water partition coefficient (Wildman–Crippen LogP) is 1.59. The van der Waals surface area contributed by atoms with Crippen LogP contribution >= 0.6 is 0 Å². The maximum atomic E-state index is 13.8. The van der Waals surface area contributed by atoms with E-state index in [1.165, 1.54) is 25.4 Å². The number of carbonyl (C=O) groups is 1. The van der Waals surface area contributed by atoms with Gasteiger partial charge in [0.25, 0.3) is 0 Å². The number of hydrogen-bond acceptors (Lipinski definition) is 4. The lowest BCUT2D eigenvalue weighted by Crippen LogP contribution is -2.05. The summed E-state index contributed by atoms with van der Waals surface area (Å²) in [5.41, 5.74) is 7.24. The van der Waals surface area contributed by atoms with E-state index in [2.05, 4.69) is 9.84 Å². The van der Waals surface area contributed by atoms with E-state index in [4.69, 9.17) is 5.73 Å². The standard InChI is InChI=1S/C12H12FN3O2/c1-16-11(10(14)6-15-16)7-3-4-8(9(13)5-7)12(17)18-2/h3-6H,14H2,1-2H3. The number of halogens is 1. The molecule has 0 saturated carbocycles. The molecule has 0 fully saturated rings. The summed E-state index contributed by atoms with van der Waals surface area (Å²) in [5, 5.41) is 3.97. The van der Waals surface area contributed by atoms with Crippen LogP contribution in [0.3, 0.4) is 0 Å². The third-order valence-electron chi connectivity index (χ3n) is 2.61. The van der Waals surface area contributed by atoms with E-state index >= 15 is 0 Å². The van der Waals surface area contributed by atoms with Gasteiger partial charge < -0.3 is 10.5 Å². The van der Waals surface area contributed by atoms with E-state index in [-0.39, 0.29) is 5.56 Å². The van der Waals surface area contributed by atoms with E-state index in [1.54, 1.807) is 17.8 Å². The fourth-order valence-electron chi connectivity index (χ4n) is 1.75. The number of nitrogens with zero attached hydrogens (tertiary/aromatic N) is 2. The van der Waals surface area contributed by atoms with Crippen LogP contribution in [0, 0.1) is 5.82 Å². The number of carbonyl (C=O) groups excluding carboxylic acids is 1. The van der Waals surface area contributed by atoms with E-state index < -0.39 is 11.8 Å². The minimum Gasteiger partial charge on any atom is -0.465 e. The monoisotopic (exact) mass is 249 g/mol. The van der Waals surface area contributed by atoms with E-state index in [9.17, 15) is 9.18 Å². The van der Waals surface area contributed by atoms with Gasteiger partial charge in [0.2, 0.25) is 0 Å². The van der Waals surface area contributed by atoms with Crippen molar-refractivity contribution in [3.05, 3.63) is 35.8 Å². The molecule has 0 saturated heterocycles. The van der Waals surface area contributed by atoms with Gasteiger partial charge in [-0.15, -0.1) is 0 Å². The maximum absolute atomic E-state index is 13.8. The normalized spacial score (nSPS) is 10.4. The highest BCUT2D eigenvalue weighted by molar-refractivity contribution is 5.90. The first-order chi connectivity index (χ1) is 8.54.